The Hall–Kier alpha value is -2.34. The largest absolute Gasteiger partial charge is 0.396 e. The minimum Gasteiger partial charge on any atom is -0.396 e. The van der Waals surface area contributed by atoms with Crippen LogP contribution in [0.1, 0.15) is 12.8 Å². The predicted molar refractivity (Wildman–Crippen MR) is 83.3 cm³/mol. The average molecular weight is 301 g/mol. The number of fused-ring (bicyclic) bond motifs is 1. The molecule has 1 aromatic carbocycles. The molecular weight excluding hydrogens is 282 g/mol. The number of rotatable bonds is 2. The molecule has 1 aliphatic heterocycles. The second-order valence-corrected chi connectivity index (χ2v) is 5.65. The lowest BCUT2D eigenvalue weighted by Crippen LogP contribution is -2.44. The first kappa shape index (κ1) is 14.6. The van der Waals surface area contributed by atoms with Crippen LogP contribution in [0.15, 0.2) is 30.5 Å². The van der Waals surface area contributed by atoms with Crippen molar-refractivity contribution in [3.8, 4) is 0 Å². The van der Waals surface area contributed by atoms with Crippen molar-refractivity contribution in [3.05, 3.63) is 30.5 Å². The topological polar surface area (TPSA) is 85.4 Å². The van der Waals surface area contributed by atoms with E-state index in [-0.39, 0.29) is 12.5 Å². The zero-order chi connectivity index (χ0) is 15.5. The number of piperidine rings is 1. The number of hydrogen-bond donors (Lipinski definition) is 3. The Bertz CT molecular complexity index is 687. The Morgan fingerprint density at radius 1 is 1.27 bits per heavy atom. The van der Waals surface area contributed by atoms with Crippen molar-refractivity contribution in [2.45, 2.75) is 12.8 Å². The van der Waals surface area contributed by atoms with Crippen molar-refractivity contribution in [2.24, 2.45) is 5.92 Å². The minimum atomic E-state index is -0.614. The fourth-order valence-corrected chi connectivity index (χ4v) is 2.78. The Kier molecular flexibility index (Phi) is 4.11. The monoisotopic (exact) mass is 301 g/mol. The van der Waals surface area contributed by atoms with E-state index in [0.717, 1.165) is 23.7 Å². The van der Waals surface area contributed by atoms with Gasteiger partial charge in [0.2, 0.25) is 0 Å². The van der Waals surface area contributed by atoms with Gasteiger partial charge in [0, 0.05) is 42.5 Å². The number of likely N-dealkylation sites (tertiary alicyclic amines) is 1. The highest BCUT2D eigenvalue weighted by molar-refractivity contribution is 6.39. The minimum absolute atomic E-state index is 0.144. The van der Waals surface area contributed by atoms with Crippen LogP contribution in [-0.4, -0.2) is 46.5 Å². The second kappa shape index (κ2) is 6.19. The number of aliphatic hydroxyl groups is 1. The quantitative estimate of drug-likeness (QED) is 0.732. The van der Waals surface area contributed by atoms with Gasteiger partial charge in [-0.15, -0.1) is 0 Å². The molecule has 6 heteroatoms. The number of nitrogens with one attached hydrogen (secondary N) is 2. The van der Waals surface area contributed by atoms with E-state index in [1.165, 1.54) is 0 Å². The number of carbonyl (C=O) groups is 2. The first-order valence-corrected chi connectivity index (χ1v) is 7.45. The summed E-state index contributed by atoms with van der Waals surface area (Å²) in [6.45, 7) is 1.19. The van der Waals surface area contributed by atoms with E-state index in [1.807, 2.05) is 24.4 Å². The molecule has 1 fully saturated rings. The van der Waals surface area contributed by atoms with Gasteiger partial charge >= 0.3 is 11.8 Å². The van der Waals surface area contributed by atoms with Crippen LogP contribution in [0, 0.1) is 5.92 Å². The molecule has 1 aromatic heterocycles. The zero-order valence-electron chi connectivity index (χ0n) is 12.2. The normalized spacial score (nSPS) is 16.0. The number of aliphatic hydroxyl groups excluding tert-OH is 1. The van der Waals surface area contributed by atoms with Gasteiger partial charge in [-0.3, -0.25) is 9.59 Å². The van der Waals surface area contributed by atoms with Gasteiger partial charge in [-0.2, -0.15) is 0 Å². The van der Waals surface area contributed by atoms with Gasteiger partial charge in [-0.1, -0.05) is 0 Å². The van der Waals surface area contributed by atoms with Crippen LogP contribution >= 0.6 is 0 Å². The summed E-state index contributed by atoms with van der Waals surface area (Å²) in [4.78, 5) is 28.9. The molecule has 6 nitrogen and oxygen atoms in total. The number of hydrogen-bond acceptors (Lipinski definition) is 3. The van der Waals surface area contributed by atoms with E-state index in [9.17, 15) is 9.59 Å². The molecule has 2 heterocycles. The number of benzene rings is 1. The Morgan fingerprint density at radius 2 is 2.05 bits per heavy atom. The van der Waals surface area contributed by atoms with Crippen LogP contribution in [0.3, 0.4) is 0 Å². The maximum absolute atomic E-state index is 12.2. The number of nitrogens with zero attached hydrogens (tertiary/aromatic N) is 1. The van der Waals surface area contributed by atoms with Gasteiger partial charge in [0.05, 0.1) is 0 Å². The first-order chi connectivity index (χ1) is 10.7. The lowest BCUT2D eigenvalue weighted by molar-refractivity contribution is -0.144. The van der Waals surface area contributed by atoms with E-state index in [0.29, 0.717) is 18.8 Å². The predicted octanol–water partition coefficient (Wildman–Crippen LogP) is 1.34. The fraction of sp³-hybridized carbons (Fsp3) is 0.375. The molecule has 0 aliphatic carbocycles. The molecule has 0 radical (unpaired) electrons. The Morgan fingerprint density at radius 3 is 2.77 bits per heavy atom. The molecule has 3 N–H and O–H groups in total. The van der Waals surface area contributed by atoms with Crippen molar-refractivity contribution < 1.29 is 14.7 Å². The van der Waals surface area contributed by atoms with Crippen molar-refractivity contribution in [1.82, 2.24) is 9.88 Å². The number of aromatic nitrogens is 1. The van der Waals surface area contributed by atoms with E-state index in [1.54, 1.807) is 11.0 Å². The highest BCUT2D eigenvalue weighted by Crippen LogP contribution is 2.19. The number of H-pyrrole nitrogens is 1. The van der Waals surface area contributed by atoms with Crippen LogP contribution < -0.4 is 5.32 Å². The molecule has 0 bridgehead atoms. The molecule has 2 aromatic rings. The maximum atomic E-state index is 12.2. The molecule has 1 saturated heterocycles. The van der Waals surface area contributed by atoms with Crippen molar-refractivity contribution >= 4 is 28.4 Å². The maximum Gasteiger partial charge on any atom is 0.313 e. The zero-order valence-corrected chi connectivity index (χ0v) is 12.2. The summed E-state index contributed by atoms with van der Waals surface area (Å²) in [5, 5.41) is 12.7. The molecule has 1 aliphatic rings. The standard InChI is InChI=1S/C16H19N3O3/c20-10-11-4-7-19(8-5-11)16(22)15(21)18-13-1-2-14-12(9-13)3-6-17-14/h1-3,6,9,11,17,20H,4-5,7-8,10H2,(H,18,21). The molecule has 116 valence electrons. The third kappa shape index (κ3) is 2.96. The Labute approximate surface area is 128 Å². The molecule has 0 saturated carbocycles. The number of aromatic amines is 1. The van der Waals surface area contributed by atoms with Crippen LogP contribution in [-0.2, 0) is 9.59 Å². The highest BCUT2D eigenvalue weighted by Gasteiger charge is 2.26. The second-order valence-electron chi connectivity index (χ2n) is 5.65. The average Bonchev–Trinajstić information content (AvgIpc) is 3.02. The highest BCUT2D eigenvalue weighted by atomic mass is 16.3. The summed E-state index contributed by atoms with van der Waals surface area (Å²) in [7, 11) is 0. The lowest BCUT2D eigenvalue weighted by atomic mass is 9.98. The number of amides is 2. The van der Waals surface area contributed by atoms with Crippen LogP contribution in [0.5, 0.6) is 0 Å². The van der Waals surface area contributed by atoms with E-state index in [4.69, 9.17) is 5.11 Å². The molecule has 0 unspecified atom stereocenters. The SMILES string of the molecule is O=C(Nc1ccc2[nH]ccc2c1)C(=O)N1CCC(CO)CC1. The third-order valence-electron chi connectivity index (χ3n) is 4.17. The van der Waals surface area contributed by atoms with Crippen LogP contribution in [0.2, 0.25) is 0 Å². The molecule has 3 rings (SSSR count). The summed E-state index contributed by atoms with van der Waals surface area (Å²) in [6, 6.07) is 7.37. The van der Waals surface area contributed by atoms with Gasteiger partial charge in [0.25, 0.3) is 0 Å². The number of carbonyl (C=O) groups excluding carboxylic acids is 2. The van der Waals surface area contributed by atoms with Crippen LogP contribution in [0.4, 0.5) is 5.69 Å². The van der Waals surface area contributed by atoms with Gasteiger partial charge in [0.1, 0.15) is 0 Å². The van der Waals surface area contributed by atoms with Crippen LogP contribution in [0.25, 0.3) is 10.9 Å². The van der Waals surface area contributed by atoms with Crippen molar-refractivity contribution in [3.63, 3.8) is 0 Å². The fourth-order valence-electron chi connectivity index (χ4n) is 2.78. The smallest absolute Gasteiger partial charge is 0.313 e. The molecular formula is C16H19N3O3. The van der Waals surface area contributed by atoms with Gasteiger partial charge in [0.15, 0.2) is 0 Å². The summed E-state index contributed by atoms with van der Waals surface area (Å²) in [5.74, 6) is -0.883. The van der Waals surface area contributed by atoms with E-state index >= 15 is 0 Å². The van der Waals surface area contributed by atoms with Gasteiger partial charge < -0.3 is 20.3 Å². The van der Waals surface area contributed by atoms with E-state index < -0.39 is 11.8 Å². The summed E-state index contributed by atoms with van der Waals surface area (Å²) >= 11 is 0. The summed E-state index contributed by atoms with van der Waals surface area (Å²) < 4.78 is 0. The van der Waals surface area contributed by atoms with E-state index in [2.05, 4.69) is 10.3 Å². The molecule has 0 spiro atoms. The lowest BCUT2D eigenvalue weighted by Gasteiger charge is -2.30. The summed E-state index contributed by atoms with van der Waals surface area (Å²) in [5.41, 5.74) is 1.59. The molecule has 22 heavy (non-hydrogen) atoms. The number of anilines is 1. The Balaban J connectivity index is 1.62. The van der Waals surface area contributed by atoms with Crippen molar-refractivity contribution in [2.75, 3.05) is 25.0 Å². The van der Waals surface area contributed by atoms with Gasteiger partial charge in [-0.05, 0) is 43.0 Å². The molecule has 0 atom stereocenters. The molecule has 2 amide bonds. The first-order valence-electron chi connectivity index (χ1n) is 7.45. The third-order valence-corrected chi connectivity index (χ3v) is 4.17. The summed E-state index contributed by atoms with van der Waals surface area (Å²) in [6.07, 6.45) is 3.31. The van der Waals surface area contributed by atoms with Crippen molar-refractivity contribution in [1.29, 1.82) is 0 Å². The van der Waals surface area contributed by atoms with Gasteiger partial charge in [-0.25, -0.2) is 0 Å².